The molecule has 180 valence electrons. The van der Waals surface area contributed by atoms with Gasteiger partial charge in [-0.2, -0.15) is 5.26 Å². The molecule has 0 fully saturated rings. The minimum atomic E-state index is -0.645. The summed E-state index contributed by atoms with van der Waals surface area (Å²) >= 11 is 18.6. The largest absolute Gasteiger partial charge is 0.493 e. The Morgan fingerprint density at radius 1 is 1.00 bits per heavy atom. The van der Waals surface area contributed by atoms with Crippen LogP contribution in [0.3, 0.4) is 0 Å². The van der Waals surface area contributed by atoms with Crippen molar-refractivity contribution < 1.29 is 14.3 Å². The van der Waals surface area contributed by atoms with Crippen molar-refractivity contribution in [2.24, 2.45) is 0 Å². The molecular formula is C28H19Cl3N2O3. The molecule has 0 unspecified atom stereocenters. The van der Waals surface area contributed by atoms with Crippen molar-refractivity contribution in [1.82, 2.24) is 0 Å². The molecule has 0 aliphatic rings. The van der Waals surface area contributed by atoms with Crippen LogP contribution >= 0.6 is 34.8 Å². The lowest BCUT2D eigenvalue weighted by Crippen LogP contribution is -2.13. The predicted octanol–water partition coefficient (Wildman–Crippen LogP) is 7.93. The van der Waals surface area contributed by atoms with Crippen molar-refractivity contribution in [3.05, 3.63) is 105 Å². The highest BCUT2D eigenvalue weighted by Gasteiger charge is 2.16. The monoisotopic (exact) mass is 536 g/mol. The lowest BCUT2D eigenvalue weighted by molar-refractivity contribution is -0.112. The molecule has 8 heteroatoms. The van der Waals surface area contributed by atoms with Crippen LogP contribution < -0.4 is 14.8 Å². The molecule has 4 rings (SSSR count). The fourth-order valence-corrected chi connectivity index (χ4v) is 4.24. The van der Waals surface area contributed by atoms with Crippen LogP contribution in [0, 0.1) is 11.3 Å². The summed E-state index contributed by atoms with van der Waals surface area (Å²) < 4.78 is 11.5. The van der Waals surface area contributed by atoms with Gasteiger partial charge in [-0.1, -0.05) is 77.3 Å². The molecule has 1 N–H and O–H groups in total. The molecule has 1 amide bonds. The van der Waals surface area contributed by atoms with E-state index in [4.69, 9.17) is 44.3 Å². The number of ether oxygens (including phenoxy) is 2. The van der Waals surface area contributed by atoms with E-state index in [2.05, 4.69) is 5.32 Å². The molecule has 4 aromatic rings. The smallest absolute Gasteiger partial charge is 0.266 e. The number of hydrogen-bond acceptors (Lipinski definition) is 4. The van der Waals surface area contributed by atoms with E-state index in [-0.39, 0.29) is 17.2 Å². The molecule has 0 heterocycles. The number of methoxy groups -OCH3 is 1. The van der Waals surface area contributed by atoms with Gasteiger partial charge < -0.3 is 14.8 Å². The fourth-order valence-electron chi connectivity index (χ4n) is 3.63. The van der Waals surface area contributed by atoms with Crippen molar-refractivity contribution in [2.45, 2.75) is 6.61 Å². The van der Waals surface area contributed by atoms with E-state index in [9.17, 15) is 10.1 Å². The third-order valence-corrected chi connectivity index (χ3v) is 6.20. The van der Waals surface area contributed by atoms with Crippen LogP contribution in [0.2, 0.25) is 15.1 Å². The third-order valence-electron chi connectivity index (χ3n) is 5.36. The molecule has 0 aromatic heterocycles. The van der Waals surface area contributed by atoms with Gasteiger partial charge in [0.2, 0.25) is 0 Å². The molecule has 0 spiro atoms. The number of fused-ring (bicyclic) bond motifs is 1. The number of nitrogens with zero attached hydrogens (tertiary/aromatic N) is 1. The first-order valence-corrected chi connectivity index (χ1v) is 11.9. The highest BCUT2D eigenvalue weighted by molar-refractivity contribution is 6.36. The Morgan fingerprint density at radius 3 is 2.56 bits per heavy atom. The Labute approximate surface area is 223 Å². The van der Waals surface area contributed by atoms with E-state index < -0.39 is 5.91 Å². The minimum Gasteiger partial charge on any atom is -0.493 e. The highest BCUT2D eigenvalue weighted by Crippen LogP contribution is 2.38. The molecule has 4 aromatic carbocycles. The summed E-state index contributed by atoms with van der Waals surface area (Å²) in [5.41, 5.74) is 1.62. The molecule has 0 aliphatic heterocycles. The predicted molar refractivity (Wildman–Crippen MR) is 145 cm³/mol. The van der Waals surface area contributed by atoms with Gasteiger partial charge in [0.15, 0.2) is 11.5 Å². The number of benzene rings is 4. The fraction of sp³-hybridized carbons (Fsp3) is 0.0714. The lowest BCUT2D eigenvalue weighted by atomic mass is 10.1. The molecule has 5 nitrogen and oxygen atoms in total. The van der Waals surface area contributed by atoms with Gasteiger partial charge in [-0.05, 0) is 58.3 Å². The van der Waals surface area contributed by atoms with Crippen molar-refractivity contribution >= 4 is 63.2 Å². The van der Waals surface area contributed by atoms with Crippen LogP contribution in [0.1, 0.15) is 11.1 Å². The van der Waals surface area contributed by atoms with Gasteiger partial charge in [0, 0.05) is 5.02 Å². The van der Waals surface area contributed by atoms with Gasteiger partial charge in [0.1, 0.15) is 18.2 Å². The summed E-state index contributed by atoms with van der Waals surface area (Å²) in [5, 5.41) is 15.3. The molecule has 0 bridgehead atoms. The Bertz CT molecular complexity index is 1520. The molecule has 0 saturated heterocycles. The van der Waals surface area contributed by atoms with Gasteiger partial charge in [0.05, 0.1) is 22.8 Å². The number of amides is 1. The van der Waals surface area contributed by atoms with E-state index in [1.54, 1.807) is 24.3 Å². The first-order valence-electron chi connectivity index (χ1n) is 10.7. The Kier molecular flexibility index (Phi) is 8.02. The summed E-state index contributed by atoms with van der Waals surface area (Å²) in [6.07, 6.45) is 1.40. The Morgan fingerprint density at radius 2 is 1.78 bits per heavy atom. The van der Waals surface area contributed by atoms with E-state index in [0.717, 1.165) is 16.3 Å². The number of carbonyl (C=O) groups is 1. The molecule has 0 aliphatic carbocycles. The van der Waals surface area contributed by atoms with Crippen LogP contribution in [0.4, 0.5) is 5.69 Å². The van der Waals surface area contributed by atoms with Crippen LogP contribution in [0.25, 0.3) is 16.8 Å². The van der Waals surface area contributed by atoms with E-state index in [0.29, 0.717) is 32.8 Å². The number of anilines is 1. The second kappa shape index (κ2) is 11.4. The van der Waals surface area contributed by atoms with Crippen molar-refractivity contribution in [3.63, 3.8) is 0 Å². The summed E-state index contributed by atoms with van der Waals surface area (Å²) in [7, 11) is 1.49. The minimum absolute atomic E-state index is 0.159. The van der Waals surface area contributed by atoms with Gasteiger partial charge in [-0.25, -0.2) is 0 Å². The van der Waals surface area contributed by atoms with Gasteiger partial charge in [0.25, 0.3) is 5.91 Å². The number of nitrogens with one attached hydrogen (secondary N) is 1. The quantitative estimate of drug-likeness (QED) is 0.192. The van der Waals surface area contributed by atoms with Crippen LogP contribution in [0.15, 0.2) is 78.4 Å². The van der Waals surface area contributed by atoms with Gasteiger partial charge in [-0.3, -0.25) is 4.79 Å². The molecular weight excluding hydrogens is 519 g/mol. The maximum Gasteiger partial charge on any atom is 0.266 e. The Balaban J connectivity index is 1.58. The van der Waals surface area contributed by atoms with Crippen LogP contribution in [0.5, 0.6) is 11.5 Å². The number of carbonyl (C=O) groups excluding carboxylic acids is 1. The molecule has 0 saturated carbocycles. The zero-order valence-corrected chi connectivity index (χ0v) is 21.3. The summed E-state index contributed by atoms with van der Waals surface area (Å²) in [5.74, 6) is 0.0792. The molecule has 0 atom stereocenters. The van der Waals surface area contributed by atoms with Crippen molar-refractivity contribution in [3.8, 4) is 17.6 Å². The SMILES string of the molecule is COc1cc(/C=C(\C#N)C(=O)Nc2cc(Cl)ccc2Cl)cc(Cl)c1OCc1cccc2ccccc12. The Hall–Kier alpha value is -3.69. The highest BCUT2D eigenvalue weighted by atomic mass is 35.5. The van der Waals surface area contributed by atoms with Gasteiger partial charge in [-0.15, -0.1) is 0 Å². The topological polar surface area (TPSA) is 71.3 Å². The number of halogens is 3. The standard InChI is InChI=1S/C28H19Cl3N2O3/c1-35-26-13-17(11-20(15-32)28(34)33-25-14-21(29)9-10-23(25)30)12-24(31)27(26)36-16-19-7-4-6-18-5-2-3-8-22(18)19/h2-14H,16H2,1H3,(H,33,34)/b20-11+. The number of nitriles is 1. The second-order valence-electron chi connectivity index (χ2n) is 7.71. The third kappa shape index (κ3) is 5.75. The zero-order chi connectivity index (χ0) is 25.7. The van der Waals surface area contributed by atoms with Crippen molar-refractivity contribution in [1.29, 1.82) is 5.26 Å². The maximum atomic E-state index is 12.7. The normalized spacial score (nSPS) is 11.1. The second-order valence-corrected chi connectivity index (χ2v) is 8.96. The average molecular weight is 538 g/mol. The van der Waals surface area contributed by atoms with Gasteiger partial charge >= 0.3 is 0 Å². The zero-order valence-electron chi connectivity index (χ0n) is 19.0. The number of hydrogen-bond donors (Lipinski definition) is 1. The van der Waals surface area contributed by atoms with E-state index in [1.807, 2.05) is 48.5 Å². The summed E-state index contributed by atoms with van der Waals surface area (Å²) in [6, 6.07) is 23.8. The summed E-state index contributed by atoms with van der Waals surface area (Å²) in [4.78, 5) is 12.7. The molecule has 36 heavy (non-hydrogen) atoms. The first kappa shape index (κ1) is 25.4. The van der Waals surface area contributed by atoms with Crippen molar-refractivity contribution in [2.75, 3.05) is 12.4 Å². The van der Waals surface area contributed by atoms with E-state index >= 15 is 0 Å². The summed E-state index contributed by atoms with van der Waals surface area (Å²) in [6.45, 7) is 0.277. The molecule has 0 radical (unpaired) electrons. The number of rotatable bonds is 7. The van der Waals surface area contributed by atoms with E-state index in [1.165, 1.54) is 19.3 Å². The maximum absolute atomic E-state index is 12.7. The average Bonchev–Trinajstić information content (AvgIpc) is 2.88. The lowest BCUT2D eigenvalue weighted by Gasteiger charge is -2.14. The first-order chi connectivity index (χ1) is 17.4. The van der Waals surface area contributed by atoms with Crippen LogP contribution in [-0.4, -0.2) is 13.0 Å². The van der Waals surface area contributed by atoms with Crippen LogP contribution in [-0.2, 0) is 11.4 Å².